The summed E-state index contributed by atoms with van der Waals surface area (Å²) in [6, 6.07) is 25.6. The molecule has 5 aromatic carbocycles. The number of ether oxygens (including phenoxy) is 6. The molecule has 1 aliphatic carbocycles. The molecule has 8 rings (SSSR count). The first kappa shape index (κ1) is 76.1. The van der Waals surface area contributed by atoms with Crippen LogP contribution in [0.4, 0.5) is 67.1 Å². The number of anilines is 8. The predicted octanol–water partition coefficient (Wildman–Crippen LogP) is 12.7. The fraction of sp³-hybridized carbons (Fsp3) is 0.466. The van der Waals surface area contributed by atoms with Crippen LogP contribution in [0.15, 0.2) is 84.9 Å². The maximum Gasteiger partial charge on any atom is 0.412 e. The summed E-state index contributed by atoms with van der Waals surface area (Å²) in [7, 11) is 0. The summed E-state index contributed by atoms with van der Waals surface area (Å²) in [5, 5.41) is 35.8. The van der Waals surface area contributed by atoms with Gasteiger partial charge in [-0.25, -0.2) is 14.4 Å². The minimum atomic E-state index is -0.689. The second-order valence-electron chi connectivity index (χ2n) is 27.4. The second-order valence-corrected chi connectivity index (χ2v) is 27.4. The smallest absolute Gasteiger partial charge is 0.412 e. The SMILES string of the molecule is CCCOc1c2cccc1Cc1cc(Nc3nc(N)nc(NCC(C)(C)CNC(=O)OC(C)(C)C)n3)cc(c1OCCC)Cc1cccc(c1OCCC)Cc1cc(Nc3nc(N)nc(NCC(C)(C)CNC(=O)NCCCCNC(=O)Oc4ccc([N+](=O)[O-])cc4)n3)cc(c1OCCC)C2. The molecule has 101 heavy (non-hydrogen) atoms. The molecule has 0 fully saturated rings. The number of non-ortho nitro benzene ring substituents is 1. The van der Waals surface area contributed by atoms with E-state index in [-0.39, 0.29) is 53.2 Å². The van der Waals surface area contributed by atoms with Gasteiger partial charge < -0.3 is 82.4 Å². The Morgan fingerprint density at radius 3 is 1.24 bits per heavy atom. The predicted molar refractivity (Wildman–Crippen MR) is 392 cm³/mol. The zero-order chi connectivity index (χ0) is 72.7. The van der Waals surface area contributed by atoms with Gasteiger partial charge in [0.25, 0.3) is 5.69 Å². The number of nitro benzene ring substituents is 1. The van der Waals surface area contributed by atoms with Gasteiger partial charge in [0, 0.05) is 111 Å². The van der Waals surface area contributed by atoms with Crippen molar-refractivity contribution in [2.75, 3.05) is 98.4 Å². The average Bonchev–Trinajstić information content (AvgIpc) is 0.781. The maximum atomic E-state index is 12.9. The molecule has 0 radical (unpaired) electrons. The van der Waals surface area contributed by atoms with E-state index in [0.717, 1.165) is 93.2 Å². The summed E-state index contributed by atoms with van der Waals surface area (Å²) < 4.78 is 38.1. The molecule has 8 bridgehead atoms. The van der Waals surface area contributed by atoms with Gasteiger partial charge in [-0.15, -0.1) is 0 Å². The lowest BCUT2D eigenvalue weighted by atomic mass is 9.90. The molecule has 0 saturated heterocycles. The van der Waals surface area contributed by atoms with E-state index < -0.39 is 33.5 Å². The summed E-state index contributed by atoms with van der Waals surface area (Å²) in [6.45, 7) is 25.7. The molecule has 2 aromatic heterocycles. The second kappa shape index (κ2) is 35.9. The Bertz CT molecular complexity index is 3850. The van der Waals surface area contributed by atoms with Crippen LogP contribution in [-0.4, -0.2) is 124 Å². The normalized spacial score (nSPS) is 12.1. The van der Waals surface area contributed by atoms with Gasteiger partial charge in [0.15, 0.2) is 0 Å². The topological polar surface area (TPSA) is 375 Å². The highest BCUT2D eigenvalue weighted by Gasteiger charge is 2.27. The number of amides is 4. The Morgan fingerprint density at radius 2 is 0.851 bits per heavy atom. The number of nitro groups is 1. The number of nitrogens with one attached hydrogen (secondary N) is 8. The highest BCUT2D eigenvalue weighted by molar-refractivity contribution is 5.74. The number of nitrogens with zero attached hydrogens (tertiary/aromatic N) is 7. The number of unbranched alkanes of at least 4 members (excludes halogenated alkanes) is 1. The van der Waals surface area contributed by atoms with Crippen LogP contribution in [0.2, 0.25) is 0 Å². The summed E-state index contributed by atoms with van der Waals surface area (Å²) in [6.07, 6.45) is 4.68. The van der Waals surface area contributed by atoms with Crippen LogP contribution in [0.3, 0.4) is 0 Å². The molecule has 7 aromatic rings. The van der Waals surface area contributed by atoms with E-state index in [1.165, 1.54) is 24.3 Å². The van der Waals surface area contributed by atoms with Crippen LogP contribution in [0.25, 0.3) is 0 Å². The number of urea groups is 1. The Morgan fingerprint density at radius 1 is 0.475 bits per heavy atom. The standard InChI is InChI=1S/C73H99N17O11/c1-12-30-96-58-46-20-18-22-48(58)36-52-40-55(83-67-87-63(75)85-65(89-67)79-43-73(10,11)45-81-70(93)101-71(5,6)7)41-53(61(52)99-33-15-4)37-49-23-19-21-47(59(49)97-31-13-2)35-51-39-54(38-50(34-46)60(51)98-32-14-3)82-66-86-62(74)84-64(88-66)78-42-72(8,9)44-80-68(91)76-28-16-17-29-77-69(92)100-57-26-24-56(25-27-57)90(94)95/h18-27,38-41H,12-17,28-37,42-45H2,1-11H3,(H,77,92)(H,81,93)(H2,76,80,91)(H4,74,78,82,84,86,88)(H4,75,79,83,85,87,89). The van der Waals surface area contributed by atoms with Gasteiger partial charge in [-0.05, 0) is 129 Å². The lowest BCUT2D eigenvalue weighted by Crippen LogP contribution is -2.43. The van der Waals surface area contributed by atoms with E-state index in [4.69, 9.17) is 49.9 Å². The van der Waals surface area contributed by atoms with Gasteiger partial charge in [-0.1, -0.05) is 91.8 Å². The molecule has 0 saturated carbocycles. The van der Waals surface area contributed by atoms with Gasteiger partial charge in [-0.3, -0.25) is 10.1 Å². The van der Waals surface area contributed by atoms with Crippen molar-refractivity contribution in [2.45, 2.75) is 146 Å². The number of carbonyl (C=O) groups excluding carboxylic acids is 3. The highest BCUT2D eigenvalue weighted by atomic mass is 16.6. The quantitative estimate of drug-likeness (QED) is 0.0104. The van der Waals surface area contributed by atoms with Crippen molar-refractivity contribution in [3.05, 3.63) is 140 Å². The van der Waals surface area contributed by atoms with Crippen LogP contribution in [0.5, 0.6) is 28.7 Å². The number of para-hydroxylation sites is 2. The highest BCUT2D eigenvalue weighted by Crippen LogP contribution is 2.42. The number of nitrogens with two attached hydrogens (primary N) is 2. The number of hydrogen-bond donors (Lipinski definition) is 10. The third-order valence-electron chi connectivity index (χ3n) is 15.7. The summed E-state index contributed by atoms with van der Waals surface area (Å²) in [5.41, 5.74) is 19.9. The number of aromatic nitrogens is 6. The van der Waals surface area contributed by atoms with Crippen molar-refractivity contribution >= 4 is 71.0 Å². The van der Waals surface area contributed by atoms with E-state index >= 15 is 0 Å². The number of benzene rings is 5. The molecule has 0 unspecified atom stereocenters. The van der Waals surface area contributed by atoms with Crippen LogP contribution >= 0.6 is 0 Å². The molecule has 28 heteroatoms. The van der Waals surface area contributed by atoms with Gasteiger partial charge in [0.1, 0.15) is 34.3 Å². The molecule has 542 valence electrons. The number of carbonyl (C=O) groups is 3. The monoisotopic (exact) mass is 1390 g/mol. The van der Waals surface area contributed by atoms with E-state index in [2.05, 4.69) is 151 Å². The molecule has 0 spiro atoms. The van der Waals surface area contributed by atoms with Crippen LogP contribution in [0, 0.1) is 20.9 Å². The average molecular weight is 1390 g/mol. The number of alkyl carbamates (subject to hydrolysis) is 1. The largest absolute Gasteiger partial charge is 0.493 e. The summed E-state index contributed by atoms with van der Waals surface area (Å²) in [4.78, 5) is 75.6. The number of nitrogen functional groups attached to an aromatic ring is 2. The first-order valence-electron chi connectivity index (χ1n) is 34.6. The van der Waals surface area contributed by atoms with Crippen LogP contribution in [-0.2, 0) is 30.4 Å². The fourth-order valence-corrected chi connectivity index (χ4v) is 10.9. The Hall–Kier alpha value is -10.7. The van der Waals surface area contributed by atoms with Gasteiger partial charge in [0.05, 0.1) is 31.4 Å². The van der Waals surface area contributed by atoms with Crippen molar-refractivity contribution in [3.8, 4) is 28.7 Å². The van der Waals surface area contributed by atoms with E-state index in [1.807, 2.05) is 48.5 Å². The molecule has 1 aliphatic rings. The van der Waals surface area contributed by atoms with Gasteiger partial charge in [-0.2, -0.15) is 29.9 Å². The van der Waals surface area contributed by atoms with E-state index in [9.17, 15) is 24.5 Å². The molecule has 0 atom stereocenters. The van der Waals surface area contributed by atoms with Gasteiger partial charge >= 0.3 is 18.2 Å². The fourth-order valence-electron chi connectivity index (χ4n) is 10.9. The first-order chi connectivity index (χ1) is 48.3. The zero-order valence-electron chi connectivity index (χ0n) is 60.0. The van der Waals surface area contributed by atoms with Crippen molar-refractivity contribution in [1.82, 2.24) is 51.2 Å². The molecular weight excluding hydrogens is 1290 g/mol. The lowest BCUT2D eigenvalue weighted by molar-refractivity contribution is -0.384. The Balaban J connectivity index is 1.05. The Kier molecular flexibility index (Phi) is 27.0. The number of fused-ring (bicyclic) bond motifs is 8. The van der Waals surface area contributed by atoms with Gasteiger partial charge in [0.2, 0.25) is 35.7 Å². The molecule has 2 heterocycles. The third-order valence-corrected chi connectivity index (χ3v) is 15.7. The Labute approximate surface area is 590 Å². The van der Waals surface area contributed by atoms with E-state index in [1.54, 1.807) is 0 Å². The molecule has 12 N–H and O–H groups in total. The number of rotatable bonds is 33. The third kappa shape index (κ3) is 23.8. The van der Waals surface area contributed by atoms with E-state index in [0.29, 0.717) is 116 Å². The molecular formula is C73H99N17O11. The van der Waals surface area contributed by atoms with Crippen molar-refractivity contribution in [2.24, 2.45) is 10.8 Å². The minimum Gasteiger partial charge on any atom is -0.493 e. The lowest BCUT2D eigenvalue weighted by Gasteiger charge is -2.27. The van der Waals surface area contributed by atoms with Crippen molar-refractivity contribution in [3.63, 3.8) is 0 Å². The van der Waals surface area contributed by atoms with Crippen LogP contribution < -0.4 is 77.7 Å². The molecule has 28 nitrogen and oxygen atoms in total. The molecule has 4 amide bonds. The summed E-state index contributed by atoms with van der Waals surface area (Å²) >= 11 is 0. The zero-order valence-corrected chi connectivity index (χ0v) is 60.0. The molecule has 0 aliphatic heterocycles. The van der Waals surface area contributed by atoms with Crippen molar-refractivity contribution in [1.29, 1.82) is 0 Å². The van der Waals surface area contributed by atoms with Crippen molar-refractivity contribution < 1.29 is 47.7 Å². The van der Waals surface area contributed by atoms with Crippen LogP contribution in [0.1, 0.15) is 159 Å². The minimum absolute atomic E-state index is 0.0106. The maximum absolute atomic E-state index is 12.9. The first-order valence-corrected chi connectivity index (χ1v) is 34.6. The summed E-state index contributed by atoms with van der Waals surface area (Å²) in [5.74, 6) is 4.09. The number of hydrogen-bond acceptors (Lipinski definition) is 23.